The maximum atomic E-state index is 4.39. The van der Waals surface area contributed by atoms with E-state index in [2.05, 4.69) is 83.0 Å². The van der Waals surface area contributed by atoms with Crippen molar-refractivity contribution in [3.05, 3.63) is 103 Å². The maximum Gasteiger partial charge on any atom is 0.119 e. The number of thioether (sulfide) groups is 1. The largest absolute Gasteiger partial charge is 0.149 e. The molecule has 0 fully saturated rings. The molecule has 126 valence electrons. The van der Waals surface area contributed by atoms with Gasteiger partial charge in [-0.05, 0) is 28.8 Å². The molecule has 0 atom stereocenters. The van der Waals surface area contributed by atoms with Crippen molar-refractivity contribution in [3.8, 4) is 22.4 Å². The Morgan fingerprint density at radius 1 is 0.538 bits per heavy atom. The molecule has 0 saturated carbocycles. The fourth-order valence-electron chi connectivity index (χ4n) is 2.75. The number of hydrogen-bond donors (Lipinski definition) is 0. The predicted molar refractivity (Wildman–Crippen MR) is 109 cm³/mol. The monoisotopic (exact) mass is 354 g/mol. The average molecular weight is 354 g/mol. The number of rotatable bonds is 5. The van der Waals surface area contributed by atoms with Crippen LogP contribution in [0.5, 0.6) is 0 Å². The van der Waals surface area contributed by atoms with Gasteiger partial charge in [-0.1, -0.05) is 96.7 Å². The van der Waals surface area contributed by atoms with Crippen LogP contribution in [0.2, 0.25) is 0 Å². The van der Waals surface area contributed by atoms with Crippen molar-refractivity contribution < 1.29 is 0 Å². The standard InChI is InChI=1S/C23H18N2S/c1-3-7-18(8-4-1)17-26-23-16-15-22(24-25-23)21-13-11-20(12-14-21)19-9-5-2-6-10-19/h1-16H,17H2. The van der Waals surface area contributed by atoms with Crippen LogP contribution in [-0.2, 0) is 5.75 Å². The third-order valence-corrected chi connectivity index (χ3v) is 5.15. The third-order valence-electron chi connectivity index (χ3n) is 4.16. The third kappa shape index (κ3) is 4.01. The second kappa shape index (κ2) is 7.98. The van der Waals surface area contributed by atoms with Gasteiger partial charge in [0.1, 0.15) is 5.03 Å². The SMILES string of the molecule is c1ccc(CSc2ccc(-c3ccc(-c4ccccc4)cc3)nn2)cc1. The van der Waals surface area contributed by atoms with E-state index in [1.54, 1.807) is 11.8 Å². The van der Waals surface area contributed by atoms with E-state index in [0.717, 1.165) is 22.0 Å². The molecule has 0 spiro atoms. The quantitative estimate of drug-likeness (QED) is 0.405. The zero-order valence-electron chi connectivity index (χ0n) is 14.2. The van der Waals surface area contributed by atoms with E-state index in [0.29, 0.717) is 0 Å². The van der Waals surface area contributed by atoms with Gasteiger partial charge in [-0.3, -0.25) is 0 Å². The van der Waals surface area contributed by atoms with Gasteiger partial charge in [-0.25, -0.2) is 0 Å². The summed E-state index contributed by atoms with van der Waals surface area (Å²) >= 11 is 1.70. The fourth-order valence-corrected chi connectivity index (χ4v) is 3.52. The molecule has 0 radical (unpaired) electrons. The van der Waals surface area contributed by atoms with Gasteiger partial charge in [0.2, 0.25) is 0 Å². The normalized spacial score (nSPS) is 10.6. The molecular weight excluding hydrogens is 336 g/mol. The molecule has 0 bridgehead atoms. The zero-order valence-corrected chi connectivity index (χ0v) is 15.1. The van der Waals surface area contributed by atoms with Crippen molar-refractivity contribution in [2.45, 2.75) is 10.8 Å². The lowest BCUT2D eigenvalue weighted by atomic mass is 10.0. The molecular formula is C23H18N2S. The van der Waals surface area contributed by atoms with Crippen molar-refractivity contribution in [2.24, 2.45) is 0 Å². The molecule has 0 aliphatic carbocycles. The highest BCUT2D eigenvalue weighted by atomic mass is 32.2. The molecule has 4 rings (SSSR count). The lowest BCUT2D eigenvalue weighted by Crippen LogP contribution is -1.90. The molecule has 1 aromatic heterocycles. The first-order chi connectivity index (χ1) is 12.9. The molecule has 0 aliphatic rings. The first-order valence-corrected chi connectivity index (χ1v) is 9.53. The molecule has 2 nitrogen and oxygen atoms in total. The summed E-state index contributed by atoms with van der Waals surface area (Å²) in [6, 6.07) is 33.3. The lowest BCUT2D eigenvalue weighted by molar-refractivity contribution is 0.935. The van der Waals surface area contributed by atoms with Gasteiger partial charge < -0.3 is 0 Å². The van der Waals surface area contributed by atoms with Gasteiger partial charge in [0, 0.05) is 11.3 Å². The number of benzene rings is 3. The van der Waals surface area contributed by atoms with Crippen molar-refractivity contribution in [1.29, 1.82) is 0 Å². The summed E-state index contributed by atoms with van der Waals surface area (Å²) in [5.41, 5.74) is 5.69. The molecule has 0 unspecified atom stereocenters. The predicted octanol–water partition coefficient (Wildman–Crippen LogP) is 6.10. The topological polar surface area (TPSA) is 25.8 Å². The van der Waals surface area contributed by atoms with Gasteiger partial charge in [0.25, 0.3) is 0 Å². The molecule has 3 aromatic carbocycles. The van der Waals surface area contributed by atoms with Crippen LogP contribution in [0.25, 0.3) is 22.4 Å². The molecule has 3 heteroatoms. The van der Waals surface area contributed by atoms with E-state index in [9.17, 15) is 0 Å². The zero-order chi connectivity index (χ0) is 17.6. The van der Waals surface area contributed by atoms with Crippen LogP contribution in [0.3, 0.4) is 0 Å². The van der Waals surface area contributed by atoms with Crippen LogP contribution >= 0.6 is 11.8 Å². The van der Waals surface area contributed by atoms with Crippen LogP contribution in [0.1, 0.15) is 5.56 Å². The fraction of sp³-hybridized carbons (Fsp3) is 0.0435. The summed E-state index contributed by atoms with van der Waals surface area (Å²) in [5.74, 6) is 0.903. The van der Waals surface area contributed by atoms with Crippen LogP contribution in [0.4, 0.5) is 0 Å². The van der Waals surface area contributed by atoms with Gasteiger partial charge >= 0.3 is 0 Å². The Morgan fingerprint density at radius 2 is 1.15 bits per heavy atom. The summed E-state index contributed by atoms with van der Waals surface area (Å²) in [6.07, 6.45) is 0. The molecule has 0 aliphatic heterocycles. The molecule has 0 amide bonds. The van der Waals surface area contributed by atoms with E-state index < -0.39 is 0 Å². The highest BCUT2D eigenvalue weighted by Gasteiger charge is 2.04. The van der Waals surface area contributed by atoms with E-state index >= 15 is 0 Å². The average Bonchev–Trinajstić information content (AvgIpc) is 2.74. The Bertz CT molecular complexity index is 950. The summed E-state index contributed by atoms with van der Waals surface area (Å²) in [6.45, 7) is 0. The lowest BCUT2D eigenvalue weighted by Gasteiger charge is -2.05. The highest BCUT2D eigenvalue weighted by Crippen LogP contribution is 2.25. The minimum absolute atomic E-state index is 0.897. The molecule has 0 N–H and O–H groups in total. The van der Waals surface area contributed by atoms with Gasteiger partial charge in [0.05, 0.1) is 5.69 Å². The highest BCUT2D eigenvalue weighted by molar-refractivity contribution is 7.98. The number of hydrogen-bond acceptors (Lipinski definition) is 3. The number of aromatic nitrogens is 2. The second-order valence-electron chi connectivity index (χ2n) is 5.97. The van der Waals surface area contributed by atoms with E-state index in [1.165, 1.54) is 16.7 Å². The van der Waals surface area contributed by atoms with Gasteiger partial charge in [0.15, 0.2) is 0 Å². The molecule has 0 saturated heterocycles. The van der Waals surface area contributed by atoms with E-state index in [-0.39, 0.29) is 0 Å². The summed E-state index contributed by atoms with van der Waals surface area (Å²) in [5, 5.41) is 9.70. The first kappa shape index (κ1) is 16.6. The Kier molecular flexibility index (Phi) is 5.08. The van der Waals surface area contributed by atoms with Crippen LogP contribution in [-0.4, -0.2) is 10.2 Å². The maximum absolute atomic E-state index is 4.39. The van der Waals surface area contributed by atoms with Crippen molar-refractivity contribution in [1.82, 2.24) is 10.2 Å². The summed E-state index contributed by atoms with van der Waals surface area (Å²) in [4.78, 5) is 0. The number of nitrogens with zero attached hydrogens (tertiary/aromatic N) is 2. The van der Waals surface area contributed by atoms with E-state index in [4.69, 9.17) is 0 Å². The molecule has 26 heavy (non-hydrogen) atoms. The Labute approximate surface area is 157 Å². The van der Waals surface area contributed by atoms with Crippen LogP contribution < -0.4 is 0 Å². The van der Waals surface area contributed by atoms with E-state index in [1.807, 2.05) is 24.3 Å². The smallest absolute Gasteiger partial charge is 0.119 e. The van der Waals surface area contributed by atoms with Gasteiger partial charge in [-0.15, -0.1) is 10.2 Å². The Morgan fingerprint density at radius 3 is 1.81 bits per heavy atom. The van der Waals surface area contributed by atoms with Crippen molar-refractivity contribution >= 4 is 11.8 Å². The summed E-state index contributed by atoms with van der Waals surface area (Å²) < 4.78 is 0. The van der Waals surface area contributed by atoms with Gasteiger partial charge in [-0.2, -0.15) is 0 Å². The Hall–Kier alpha value is -2.91. The minimum Gasteiger partial charge on any atom is -0.149 e. The summed E-state index contributed by atoms with van der Waals surface area (Å²) in [7, 11) is 0. The van der Waals surface area contributed by atoms with Crippen molar-refractivity contribution in [2.75, 3.05) is 0 Å². The molecule has 4 aromatic rings. The second-order valence-corrected chi connectivity index (χ2v) is 6.97. The van der Waals surface area contributed by atoms with Crippen LogP contribution in [0, 0.1) is 0 Å². The first-order valence-electron chi connectivity index (χ1n) is 8.55. The minimum atomic E-state index is 0.897. The Balaban J connectivity index is 1.45. The van der Waals surface area contributed by atoms with Crippen molar-refractivity contribution in [3.63, 3.8) is 0 Å². The van der Waals surface area contributed by atoms with Crippen LogP contribution in [0.15, 0.2) is 102 Å². The molecule has 1 heterocycles.